The van der Waals surface area contributed by atoms with E-state index >= 15 is 0 Å². The maximum Gasteiger partial charge on any atom is 0.409 e. The highest BCUT2D eigenvalue weighted by Crippen LogP contribution is 2.27. The van der Waals surface area contributed by atoms with Crippen molar-refractivity contribution < 1.29 is 28.0 Å². The molecule has 10 nitrogen and oxygen atoms in total. The van der Waals surface area contributed by atoms with E-state index in [4.69, 9.17) is 4.74 Å². The van der Waals surface area contributed by atoms with E-state index in [9.17, 15) is 28.4 Å². The van der Waals surface area contributed by atoms with Crippen molar-refractivity contribution in [2.24, 2.45) is 5.92 Å². The van der Waals surface area contributed by atoms with Crippen molar-refractivity contribution in [3.8, 4) is 0 Å². The number of carbonyl (C=O) groups excluding carboxylic acids is 1. The first-order valence-electron chi connectivity index (χ1n) is 8.96. The summed E-state index contributed by atoms with van der Waals surface area (Å²) < 4.78 is 32.0. The van der Waals surface area contributed by atoms with E-state index in [2.05, 4.69) is 0 Å². The highest BCUT2D eigenvalue weighted by Gasteiger charge is 2.34. The first kappa shape index (κ1) is 22.1. The molecule has 0 spiro atoms. The van der Waals surface area contributed by atoms with E-state index in [0.29, 0.717) is 6.42 Å². The molecule has 28 heavy (non-hydrogen) atoms. The van der Waals surface area contributed by atoms with Crippen molar-refractivity contribution in [1.82, 2.24) is 9.21 Å². The van der Waals surface area contributed by atoms with E-state index in [1.54, 1.807) is 0 Å². The molecule has 156 valence electrons. The quantitative estimate of drug-likeness (QED) is 0.569. The molecule has 1 amide bonds. The standard InChI is InChI=1S/C17H25N3O7S/c1-13(2)12-27-17(22)18-8-5-9-19(11-14(21)10-18)28(25,26)16-7-4-3-6-15(16)20(23)24/h3-4,6-7,13-14,21H,5,8-12H2,1-2H3. The molecule has 1 aromatic rings. The molecule has 0 aliphatic carbocycles. The number of β-amino-alcohol motifs (C(OH)–C–C–N with tert-alkyl or cyclic N) is 1. The number of nitro benzene ring substituents is 1. The minimum atomic E-state index is -4.17. The number of para-hydroxylation sites is 1. The Balaban J connectivity index is 2.14. The van der Waals surface area contributed by atoms with Gasteiger partial charge >= 0.3 is 6.09 Å². The lowest BCUT2D eigenvalue weighted by Crippen LogP contribution is -2.48. The van der Waals surface area contributed by atoms with Gasteiger partial charge in [0.25, 0.3) is 5.69 Å². The largest absolute Gasteiger partial charge is 0.449 e. The molecule has 1 atom stereocenters. The molecule has 1 saturated heterocycles. The third kappa shape index (κ3) is 5.40. The van der Waals surface area contributed by atoms with Crippen LogP contribution in [0.2, 0.25) is 0 Å². The molecule has 11 heteroatoms. The lowest BCUT2D eigenvalue weighted by atomic mass is 10.2. The Morgan fingerprint density at radius 3 is 2.64 bits per heavy atom. The molecule has 0 saturated carbocycles. The minimum absolute atomic E-state index is 0.0133. The van der Waals surface area contributed by atoms with Gasteiger partial charge < -0.3 is 14.7 Å². The summed E-state index contributed by atoms with van der Waals surface area (Å²) in [5.41, 5.74) is -0.516. The van der Waals surface area contributed by atoms with Crippen LogP contribution in [0, 0.1) is 16.0 Å². The summed E-state index contributed by atoms with van der Waals surface area (Å²) in [6.07, 6.45) is -1.39. The van der Waals surface area contributed by atoms with Crippen LogP contribution in [-0.4, -0.2) is 72.6 Å². The number of sulfonamides is 1. The van der Waals surface area contributed by atoms with E-state index in [1.165, 1.54) is 23.1 Å². The van der Waals surface area contributed by atoms with E-state index in [1.807, 2.05) is 13.8 Å². The average molecular weight is 415 g/mol. The number of aliphatic hydroxyl groups excluding tert-OH is 1. The van der Waals surface area contributed by atoms with Gasteiger partial charge in [0.05, 0.1) is 24.2 Å². The summed E-state index contributed by atoms with van der Waals surface area (Å²) in [6.45, 7) is 3.92. The second-order valence-electron chi connectivity index (χ2n) is 7.01. The van der Waals surface area contributed by atoms with Crippen LogP contribution in [0.4, 0.5) is 10.5 Å². The number of nitro groups is 1. The van der Waals surface area contributed by atoms with Gasteiger partial charge in [-0.05, 0) is 18.4 Å². The first-order chi connectivity index (χ1) is 13.1. The highest BCUT2D eigenvalue weighted by molar-refractivity contribution is 7.89. The summed E-state index contributed by atoms with van der Waals surface area (Å²) in [7, 11) is -4.17. The molecule has 1 N–H and O–H groups in total. The number of amides is 1. The first-order valence-corrected chi connectivity index (χ1v) is 10.4. The Hall–Kier alpha value is -2.24. The molecule has 1 aliphatic heterocycles. The molecule has 2 rings (SSSR count). The van der Waals surface area contributed by atoms with E-state index in [0.717, 1.165) is 10.4 Å². The Kier molecular flexibility index (Phi) is 7.33. The van der Waals surface area contributed by atoms with Gasteiger partial charge in [0.2, 0.25) is 10.0 Å². The van der Waals surface area contributed by atoms with Crippen LogP contribution in [0.25, 0.3) is 0 Å². The number of hydrogen-bond acceptors (Lipinski definition) is 7. The average Bonchev–Trinajstić information content (AvgIpc) is 2.62. The number of hydrogen-bond donors (Lipinski definition) is 1. The lowest BCUT2D eigenvalue weighted by Gasteiger charge is -2.32. The summed E-state index contributed by atoms with van der Waals surface area (Å²) in [5, 5.41) is 21.5. The summed E-state index contributed by atoms with van der Waals surface area (Å²) in [6, 6.07) is 5.10. The topological polar surface area (TPSA) is 130 Å². The number of benzene rings is 1. The van der Waals surface area contributed by atoms with Gasteiger partial charge in [0.1, 0.15) is 0 Å². The van der Waals surface area contributed by atoms with Crippen molar-refractivity contribution in [2.75, 3.05) is 32.8 Å². The van der Waals surface area contributed by atoms with Crippen LogP contribution < -0.4 is 0 Å². The van der Waals surface area contributed by atoms with E-state index < -0.39 is 37.7 Å². The second-order valence-corrected chi connectivity index (χ2v) is 8.92. The number of ether oxygens (including phenoxy) is 1. The molecule has 0 aromatic heterocycles. The van der Waals surface area contributed by atoms with Gasteiger partial charge in [0, 0.05) is 25.7 Å². The van der Waals surface area contributed by atoms with Gasteiger partial charge in [-0.1, -0.05) is 26.0 Å². The zero-order chi connectivity index (χ0) is 20.9. The summed E-state index contributed by atoms with van der Waals surface area (Å²) >= 11 is 0. The molecule has 1 aromatic carbocycles. The SMILES string of the molecule is CC(C)COC(=O)N1CCCN(S(=O)(=O)c2ccccc2[N+](=O)[O-])CC(O)C1. The summed E-state index contributed by atoms with van der Waals surface area (Å²) in [5.74, 6) is 0.172. The maximum atomic E-state index is 12.9. The number of aliphatic hydroxyl groups is 1. The van der Waals surface area contributed by atoms with E-state index in [-0.39, 0.29) is 38.7 Å². The van der Waals surface area contributed by atoms with Gasteiger partial charge in [-0.15, -0.1) is 0 Å². The zero-order valence-electron chi connectivity index (χ0n) is 15.9. The Morgan fingerprint density at radius 1 is 1.32 bits per heavy atom. The molecule has 1 unspecified atom stereocenters. The molecule has 0 radical (unpaired) electrons. The van der Waals surface area contributed by atoms with Crippen molar-refractivity contribution >= 4 is 21.8 Å². The maximum absolute atomic E-state index is 12.9. The fourth-order valence-corrected chi connectivity index (χ4v) is 4.52. The Morgan fingerprint density at radius 2 is 2.00 bits per heavy atom. The summed E-state index contributed by atoms with van der Waals surface area (Å²) in [4.78, 5) is 23.5. The van der Waals surface area contributed by atoms with Crippen LogP contribution >= 0.6 is 0 Å². The molecular weight excluding hydrogens is 390 g/mol. The van der Waals surface area contributed by atoms with Gasteiger partial charge in [-0.3, -0.25) is 10.1 Å². The van der Waals surface area contributed by atoms with Crippen LogP contribution in [0.5, 0.6) is 0 Å². The fourth-order valence-electron chi connectivity index (χ4n) is 2.85. The number of rotatable bonds is 5. The molecule has 0 bridgehead atoms. The van der Waals surface area contributed by atoms with Crippen LogP contribution in [0.15, 0.2) is 29.2 Å². The fraction of sp³-hybridized carbons (Fsp3) is 0.588. The number of nitrogens with zero attached hydrogens (tertiary/aromatic N) is 3. The van der Waals surface area contributed by atoms with Crippen molar-refractivity contribution in [2.45, 2.75) is 31.3 Å². The smallest absolute Gasteiger partial charge is 0.409 e. The normalized spacial score (nSPS) is 19.1. The molecule has 1 aliphatic rings. The Bertz CT molecular complexity index is 813. The minimum Gasteiger partial charge on any atom is -0.449 e. The Labute approximate surface area is 163 Å². The third-order valence-electron chi connectivity index (χ3n) is 4.16. The second kappa shape index (κ2) is 9.30. The third-order valence-corrected chi connectivity index (χ3v) is 6.07. The van der Waals surface area contributed by atoms with Gasteiger partial charge in [-0.2, -0.15) is 4.31 Å². The predicted molar refractivity (Wildman–Crippen MR) is 100 cm³/mol. The molecular formula is C17H25N3O7S. The van der Waals surface area contributed by atoms with Crippen LogP contribution in [0.1, 0.15) is 20.3 Å². The highest BCUT2D eigenvalue weighted by atomic mass is 32.2. The van der Waals surface area contributed by atoms with Crippen LogP contribution in [0.3, 0.4) is 0 Å². The van der Waals surface area contributed by atoms with Gasteiger partial charge in [-0.25, -0.2) is 13.2 Å². The van der Waals surface area contributed by atoms with Gasteiger partial charge in [0.15, 0.2) is 4.90 Å². The van der Waals surface area contributed by atoms with Crippen molar-refractivity contribution in [1.29, 1.82) is 0 Å². The monoisotopic (exact) mass is 415 g/mol. The lowest BCUT2D eigenvalue weighted by molar-refractivity contribution is -0.387. The number of carbonyl (C=O) groups is 1. The van der Waals surface area contributed by atoms with Crippen molar-refractivity contribution in [3.63, 3.8) is 0 Å². The van der Waals surface area contributed by atoms with Crippen molar-refractivity contribution in [3.05, 3.63) is 34.4 Å². The zero-order valence-corrected chi connectivity index (χ0v) is 16.7. The molecule has 1 heterocycles. The predicted octanol–water partition coefficient (Wildman–Crippen LogP) is 1.44. The van der Waals surface area contributed by atoms with Crippen LogP contribution in [-0.2, 0) is 14.8 Å². The molecule has 1 fully saturated rings.